The number of anilines is 1. The average molecular weight is 209 g/mol. The lowest BCUT2D eigenvalue weighted by atomic mass is 10.1. The van der Waals surface area contributed by atoms with Crippen LogP contribution in [0.1, 0.15) is 58.0 Å². The summed E-state index contributed by atoms with van der Waals surface area (Å²) in [6, 6.07) is 0. The molecular weight excluding hydrogens is 186 g/mol. The van der Waals surface area contributed by atoms with Gasteiger partial charge in [-0.25, -0.2) is 4.98 Å². The molecule has 0 fully saturated rings. The molecule has 0 unspecified atom stereocenters. The summed E-state index contributed by atoms with van der Waals surface area (Å²) in [7, 11) is 0. The number of nitrogens with two attached hydrogens (primary N) is 1. The van der Waals surface area contributed by atoms with Crippen LogP contribution in [0.4, 0.5) is 5.82 Å². The van der Waals surface area contributed by atoms with Gasteiger partial charge in [0.05, 0.1) is 5.69 Å². The summed E-state index contributed by atoms with van der Waals surface area (Å²) in [5.41, 5.74) is 7.18. The van der Waals surface area contributed by atoms with Gasteiger partial charge in [0.15, 0.2) is 0 Å². The number of aryl methyl sites for hydroxylation is 1. The van der Waals surface area contributed by atoms with Crippen LogP contribution in [0.2, 0.25) is 0 Å². The second-order valence-electron chi connectivity index (χ2n) is 4.31. The molecule has 15 heavy (non-hydrogen) atoms. The lowest BCUT2D eigenvalue weighted by molar-refractivity contribution is 0.612. The molecule has 86 valence electrons. The van der Waals surface area contributed by atoms with Crippen molar-refractivity contribution in [1.82, 2.24) is 9.55 Å². The molecule has 0 saturated heterocycles. The Hall–Kier alpha value is -0.990. The van der Waals surface area contributed by atoms with E-state index in [4.69, 9.17) is 5.73 Å². The van der Waals surface area contributed by atoms with E-state index in [-0.39, 0.29) is 0 Å². The summed E-state index contributed by atoms with van der Waals surface area (Å²) in [5, 5.41) is 0. The minimum atomic E-state index is 0.415. The molecule has 3 nitrogen and oxygen atoms in total. The molecule has 0 atom stereocenters. The van der Waals surface area contributed by atoms with Crippen molar-refractivity contribution in [3.63, 3.8) is 0 Å². The van der Waals surface area contributed by atoms with Crippen molar-refractivity contribution in [2.24, 2.45) is 0 Å². The second kappa shape index (κ2) is 5.19. The molecule has 1 aromatic rings. The molecule has 1 rings (SSSR count). The maximum absolute atomic E-state index is 6.12. The second-order valence-corrected chi connectivity index (χ2v) is 4.31. The Labute approximate surface area is 92.7 Å². The molecule has 0 aromatic carbocycles. The van der Waals surface area contributed by atoms with Crippen LogP contribution in [-0.4, -0.2) is 9.55 Å². The van der Waals surface area contributed by atoms with E-state index in [1.807, 2.05) is 0 Å². The van der Waals surface area contributed by atoms with Crippen LogP contribution >= 0.6 is 0 Å². The zero-order chi connectivity index (χ0) is 11.4. The summed E-state index contributed by atoms with van der Waals surface area (Å²) in [5.74, 6) is 2.41. The first-order chi connectivity index (χ1) is 7.11. The van der Waals surface area contributed by atoms with E-state index >= 15 is 0 Å². The monoisotopic (exact) mass is 209 g/mol. The number of unbranched alkanes of at least 4 members (excludes halogenated alkanes) is 1. The Morgan fingerprint density at radius 3 is 2.47 bits per heavy atom. The van der Waals surface area contributed by atoms with Gasteiger partial charge in [0.25, 0.3) is 0 Å². The highest BCUT2D eigenvalue weighted by molar-refractivity contribution is 5.40. The topological polar surface area (TPSA) is 43.8 Å². The molecule has 0 saturated carbocycles. The number of rotatable bonds is 5. The fraction of sp³-hybridized carbons (Fsp3) is 0.750. The van der Waals surface area contributed by atoms with Crippen molar-refractivity contribution < 1.29 is 0 Å². The summed E-state index contributed by atoms with van der Waals surface area (Å²) < 4.78 is 2.18. The number of hydrogen-bond donors (Lipinski definition) is 1. The Balaban J connectivity index is 3.00. The number of nitrogens with zero attached hydrogens (tertiary/aromatic N) is 2. The molecule has 0 aliphatic carbocycles. The first kappa shape index (κ1) is 12.1. The molecule has 1 aromatic heterocycles. The Morgan fingerprint density at radius 1 is 1.33 bits per heavy atom. The number of nitrogen functional groups attached to an aromatic ring is 1. The molecule has 2 N–H and O–H groups in total. The number of aromatic nitrogens is 2. The van der Waals surface area contributed by atoms with E-state index in [9.17, 15) is 0 Å². The summed E-state index contributed by atoms with van der Waals surface area (Å²) in [4.78, 5) is 4.62. The van der Waals surface area contributed by atoms with Crippen molar-refractivity contribution in [2.45, 2.75) is 59.4 Å². The lowest BCUT2D eigenvalue weighted by Crippen LogP contribution is -2.07. The van der Waals surface area contributed by atoms with Gasteiger partial charge < -0.3 is 10.3 Å². The van der Waals surface area contributed by atoms with E-state index in [2.05, 4.69) is 37.2 Å². The molecule has 0 bridgehead atoms. The van der Waals surface area contributed by atoms with Gasteiger partial charge in [-0.2, -0.15) is 0 Å². The number of imidazole rings is 1. The van der Waals surface area contributed by atoms with Crippen molar-refractivity contribution in [3.8, 4) is 0 Å². The van der Waals surface area contributed by atoms with Crippen LogP contribution in [0.15, 0.2) is 0 Å². The molecule has 0 aliphatic rings. The van der Waals surface area contributed by atoms with Crippen LogP contribution < -0.4 is 5.73 Å². The van der Waals surface area contributed by atoms with E-state index in [1.165, 1.54) is 12.8 Å². The highest BCUT2D eigenvalue weighted by Gasteiger charge is 2.15. The fourth-order valence-corrected chi connectivity index (χ4v) is 1.79. The lowest BCUT2D eigenvalue weighted by Gasteiger charge is -2.08. The first-order valence-electron chi connectivity index (χ1n) is 5.96. The fourth-order valence-electron chi connectivity index (χ4n) is 1.79. The van der Waals surface area contributed by atoms with E-state index < -0.39 is 0 Å². The van der Waals surface area contributed by atoms with Crippen molar-refractivity contribution in [3.05, 3.63) is 11.5 Å². The van der Waals surface area contributed by atoms with Crippen molar-refractivity contribution in [1.29, 1.82) is 0 Å². The number of hydrogen-bond acceptors (Lipinski definition) is 2. The van der Waals surface area contributed by atoms with Crippen LogP contribution in [0, 0.1) is 0 Å². The van der Waals surface area contributed by atoms with E-state index in [0.717, 1.165) is 30.3 Å². The zero-order valence-corrected chi connectivity index (χ0v) is 10.4. The molecule has 0 radical (unpaired) electrons. The van der Waals surface area contributed by atoms with Gasteiger partial charge in [-0.05, 0) is 12.3 Å². The standard InChI is InChI=1S/C12H23N3/c1-5-7-8-15-10(6-2)14-11(9(3)4)12(15)13/h9H,5-8,13H2,1-4H3. The van der Waals surface area contributed by atoms with Gasteiger partial charge in [-0.1, -0.05) is 34.1 Å². The quantitative estimate of drug-likeness (QED) is 0.810. The molecule has 0 spiro atoms. The van der Waals surface area contributed by atoms with Crippen LogP contribution in [-0.2, 0) is 13.0 Å². The SMILES string of the molecule is CCCCn1c(CC)nc(C(C)C)c1N. The maximum atomic E-state index is 6.12. The average Bonchev–Trinajstić information content (AvgIpc) is 2.52. The van der Waals surface area contributed by atoms with E-state index in [0.29, 0.717) is 5.92 Å². The highest BCUT2D eigenvalue weighted by atomic mass is 15.1. The summed E-state index contributed by atoms with van der Waals surface area (Å²) in [6.45, 7) is 9.62. The largest absolute Gasteiger partial charge is 0.384 e. The third-order valence-corrected chi connectivity index (χ3v) is 2.71. The van der Waals surface area contributed by atoms with Gasteiger partial charge in [-0.15, -0.1) is 0 Å². The maximum Gasteiger partial charge on any atom is 0.127 e. The zero-order valence-electron chi connectivity index (χ0n) is 10.4. The predicted octanol–water partition coefficient (Wildman–Crippen LogP) is 2.95. The van der Waals surface area contributed by atoms with Gasteiger partial charge >= 0.3 is 0 Å². The third kappa shape index (κ3) is 2.52. The minimum absolute atomic E-state index is 0.415. The normalized spacial score (nSPS) is 11.3. The van der Waals surface area contributed by atoms with Gasteiger partial charge in [-0.3, -0.25) is 0 Å². The highest BCUT2D eigenvalue weighted by Crippen LogP contribution is 2.23. The molecule has 3 heteroatoms. The molecular formula is C12H23N3. The summed E-state index contributed by atoms with van der Waals surface area (Å²) >= 11 is 0. The van der Waals surface area contributed by atoms with E-state index in [1.54, 1.807) is 0 Å². The smallest absolute Gasteiger partial charge is 0.127 e. The first-order valence-corrected chi connectivity index (χ1v) is 5.96. The molecule has 0 aliphatic heterocycles. The Kier molecular flexibility index (Phi) is 4.18. The Bertz CT molecular complexity index is 313. The van der Waals surface area contributed by atoms with Crippen molar-refractivity contribution in [2.75, 3.05) is 5.73 Å². The third-order valence-electron chi connectivity index (χ3n) is 2.71. The van der Waals surface area contributed by atoms with Crippen molar-refractivity contribution >= 4 is 5.82 Å². The minimum Gasteiger partial charge on any atom is -0.384 e. The molecule has 0 amide bonds. The van der Waals surface area contributed by atoms with Gasteiger partial charge in [0, 0.05) is 13.0 Å². The van der Waals surface area contributed by atoms with Crippen LogP contribution in [0.5, 0.6) is 0 Å². The summed E-state index contributed by atoms with van der Waals surface area (Å²) in [6.07, 6.45) is 3.32. The van der Waals surface area contributed by atoms with Gasteiger partial charge in [0.1, 0.15) is 11.6 Å². The predicted molar refractivity (Wildman–Crippen MR) is 65.0 cm³/mol. The van der Waals surface area contributed by atoms with Crippen LogP contribution in [0.25, 0.3) is 0 Å². The molecule has 1 heterocycles. The van der Waals surface area contributed by atoms with Gasteiger partial charge in [0.2, 0.25) is 0 Å². The van der Waals surface area contributed by atoms with Crippen LogP contribution in [0.3, 0.4) is 0 Å². The Morgan fingerprint density at radius 2 is 2.00 bits per heavy atom.